The number of carbonyl (C=O) groups is 4. The smallest absolute Gasteiger partial charge is 0.398 e. The fourth-order valence-electron chi connectivity index (χ4n) is 3.61. The normalized spacial score (nSPS) is 22.3. The number of benzene rings is 2. The summed E-state index contributed by atoms with van der Waals surface area (Å²) in [4.78, 5) is 46.4. The van der Waals surface area contributed by atoms with Crippen LogP contribution in [0.2, 0.25) is 0 Å². The third-order valence-corrected chi connectivity index (χ3v) is 5.37. The van der Waals surface area contributed by atoms with Gasteiger partial charge in [0.2, 0.25) is 0 Å². The molecule has 176 valence electrons. The summed E-state index contributed by atoms with van der Waals surface area (Å²) in [5.74, 6) is -28.5. The van der Waals surface area contributed by atoms with Crippen LogP contribution < -0.4 is 9.47 Å². The molecule has 1 aliphatic carbocycles. The van der Waals surface area contributed by atoms with Crippen molar-refractivity contribution >= 4 is 23.9 Å². The van der Waals surface area contributed by atoms with E-state index in [2.05, 4.69) is 18.9 Å². The Kier molecular flexibility index (Phi) is 4.01. The van der Waals surface area contributed by atoms with Crippen LogP contribution in [0.4, 0.5) is 26.3 Å². The molecule has 3 aliphatic rings. The Morgan fingerprint density at radius 2 is 0.882 bits per heavy atom. The number of cyclic esters (lactones) is 4. The second-order valence-electron chi connectivity index (χ2n) is 7.31. The highest BCUT2D eigenvalue weighted by Gasteiger charge is 3.03. The third-order valence-electron chi connectivity index (χ3n) is 5.37. The van der Waals surface area contributed by atoms with Crippen LogP contribution in [-0.4, -0.2) is 47.4 Å². The van der Waals surface area contributed by atoms with E-state index < -0.39 is 70.1 Å². The van der Waals surface area contributed by atoms with Crippen LogP contribution >= 0.6 is 0 Å². The number of ether oxygens (including phenoxy) is 4. The molecule has 5 rings (SSSR count). The summed E-state index contributed by atoms with van der Waals surface area (Å²) < 4.78 is 103. The monoisotopic (exact) mass is 488 g/mol. The predicted molar refractivity (Wildman–Crippen MR) is 91.2 cm³/mol. The summed E-state index contributed by atoms with van der Waals surface area (Å²) in [5, 5.41) is 0. The van der Waals surface area contributed by atoms with Crippen LogP contribution in [0.15, 0.2) is 36.4 Å². The highest BCUT2D eigenvalue weighted by molar-refractivity contribution is 6.15. The Hall–Kier alpha value is -4.10. The van der Waals surface area contributed by atoms with Crippen molar-refractivity contribution < 1.29 is 64.5 Å². The average molecular weight is 488 g/mol. The van der Waals surface area contributed by atoms with Crippen molar-refractivity contribution in [3.63, 3.8) is 0 Å². The number of carbonyl (C=O) groups excluding carboxylic acids is 4. The lowest BCUT2D eigenvalue weighted by Crippen LogP contribution is -2.90. The van der Waals surface area contributed by atoms with E-state index in [1.165, 1.54) is 0 Å². The van der Waals surface area contributed by atoms with Gasteiger partial charge in [-0.3, -0.25) is 0 Å². The van der Waals surface area contributed by atoms with Crippen molar-refractivity contribution in [1.29, 1.82) is 0 Å². The Bertz CT molecular complexity index is 1230. The molecule has 0 radical (unpaired) electrons. The molecule has 8 nitrogen and oxygen atoms in total. The zero-order chi connectivity index (χ0) is 24.8. The molecule has 0 unspecified atom stereocenters. The van der Waals surface area contributed by atoms with E-state index >= 15 is 0 Å². The van der Waals surface area contributed by atoms with Gasteiger partial charge in [0.05, 0.1) is 22.3 Å². The van der Waals surface area contributed by atoms with Crippen molar-refractivity contribution in [3.05, 3.63) is 58.7 Å². The zero-order valence-electron chi connectivity index (χ0n) is 16.0. The van der Waals surface area contributed by atoms with Gasteiger partial charge in [-0.15, -0.1) is 0 Å². The van der Waals surface area contributed by atoms with E-state index in [9.17, 15) is 45.5 Å². The van der Waals surface area contributed by atoms with Gasteiger partial charge in [0.15, 0.2) is 0 Å². The van der Waals surface area contributed by atoms with Gasteiger partial charge in [0.1, 0.15) is 11.5 Å². The molecular weight excluding hydrogens is 482 g/mol. The summed E-state index contributed by atoms with van der Waals surface area (Å²) in [6.45, 7) is 0. The average Bonchev–Trinajstić information content (AvgIpc) is 3.20. The van der Waals surface area contributed by atoms with Gasteiger partial charge in [-0.2, -0.15) is 26.3 Å². The van der Waals surface area contributed by atoms with Gasteiger partial charge in [0, 0.05) is 0 Å². The molecule has 1 saturated carbocycles. The molecule has 0 amide bonds. The maximum atomic E-state index is 14.6. The van der Waals surface area contributed by atoms with Crippen LogP contribution in [0.25, 0.3) is 0 Å². The maximum Gasteiger partial charge on any atom is 0.398 e. The Morgan fingerprint density at radius 1 is 0.529 bits per heavy atom. The standard InChI is InChI=1S/C20H6F6O8/c21-17(22)18(23,24)20(19(17,25)26,33-7-1-3-9-11(5-7)15(29)31-13(9)27)34-8-2-4-10-12(6-8)16(30)32-14(10)28/h1-6H. The van der Waals surface area contributed by atoms with Gasteiger partial charge < -0.3 is 18.9 Å². The van der Waals surface area contributed by atoms with Crippen LogP contribution in [0, 0.1) is 0 Å². The molecule has 0 saturated heterocycles. The lowest BCUT2D eigenvalue weighted by Gasteiger charge is -2.56. The van der Waals surface area contributed by atoms with Crippen LogP contribution in [0.1, 0.15) is 41.4 Å². The first-order valence-corrected chi connectivity index (χ1v) is 9.06. The molecule has 14 heteroatoms. The number of alkyl halides is 6. The van der Waals surface area contributed by atoms with E-state index in [1.807, 2.05) is 0 Å². The number of halogens is 6. The number of esters is 4. The Morgan fingerprint density at radius 3 is 1.26 bits per heavy atom. The number of rotatable bonds is 4. The molecule has 0 N–H and O–H groups in total. The summed E-state index contributed by atoms with van der Waals surface area (Å²) in [6, 6.07) is 4.13. The highest BCUT2D eigenvalue weighted by Crippen LogP contribution is 2.68. The van der Waals surface area contributed by atoms with Crippen LogP contribution in [0.3, 0.4) is 0 Å². The molecule has 34 heavy (non-hydrogen) atoms. The predicted octanol–water partition coefficient (Wildman–Crippen LogP) is 3.38. The second-order valence-corrected chi connectivity index (χ2v) is 7.31. The maximum absolute atomic E-state index is 14.6. The van der Waals surface area contributed by atoms with Crippen molar-refractivity contribution in [2.75, 3.05) is 0 Å². The zero-order valence-corrected chi connectivity index (χ0v) is 16.0. The molecule has 0 aromatic heterocycles. The fraction of sp³-hybridized carbons (Fsp3) is 0.200. The Balaban J connectivity index is 1.60. The quantitative estimate of drug-likeness (QED) is 0.279. The van der Waals surface area contributed by atoms with Gasteiger partial charge in [-0.1, -0.05) is 0 Å². The largest absolute Gasteiger partial charge is 0.442 e. The summed E-state index contributed by atoms with van der Waals surface area (Å²) in [5.41, 5.74) is -1.78. The molecule has 0 atom stereocenters. The van der Waals surface area contributed by atoms with E-state index in [1.54, 1.807) is 0 Å². The van der Waals surface area contributed by atoms with E-state index in [-0.39, 0.29) is 11.1 Å². The van der Waals surface area contributed by atoms with Crippen LogP contribution in [0.5, 0.6) is 11.5 Å². The molecule has 0 spiro atoms. The van der Waals surface area contributed by atoms with Crippen LogP contribution in [-0.2, 0) is 9.47 Å². The first-order chi connectivity index (χ1) is 15.7. The van der Waals surface area contributed by atoms with E-state index in [4.69, 9.17) is 0 Å². The van der Waals surface area contributed by atoms with Crippen molar-refractivity contribution in [3.8, 4) is 11.5 Å². The molecule has 1 fully saturated rings. The second kappa shape index (κ2) is 6.27. The summed E-state index contributed by atoms with van der Waals surface area (Å²) >= 11 is 0. The highest BCUT2D eigenvalue weighted by atomic mass is 19.4. The molecule has 2 aromatic carbocycles. The van der Waals surface area contributed by atoms with Gasteiger partial charge >= 0.3 is 47.4 Å². The topological polar surface area (TPSA) is 105 Å². The lowest BCUT2D eigenvalue weighted by molar-refractivity contribution is -0.527. The summed E-state index contributed by atoms with van der Waals surface area (Å²) in [6.07, 6.45) is 0. The fourth-order valence-corrected chi connectivity index (χ4v) is 3.61. The Labute approximate surface area is 182 Å². The number of fused-ring (bicyclic) bond motifs is 2. The van der Waals surface area contributed by atoms with E-state index in [0.29, 0.717) is 24.3 Å². The van der Waals surface area contributed by atoms with Gasteiger partial charge in [-0.05, 0) is 36.4 Å². The minimum atomic E-state index is -5.92. The first kappa shape index (κ1) is 21.7. The molecule has 2 aliphatic heterocycles. The minimum Gasteiger partial charge on any atom is -0.442 e. The van der Waals surface area contributed by atoms with Crippen molar-refractivity contribution in [2.24, 2.45) is 0 Å². The third kappa shape index (κ3) is 2.39. The summed E-state index contributed by atoms with van der Waals surface area (Å²) in [7, 11) is 0. The molecule has 0 bridgehead atoms. The van der Waals surface area contributed by atoms with Gasteiger partial charge in [-0.25, -0.2) is 19.2 Å². The molecule has 2 aromatic rings. The minimum absolute atomic E-state index is 0.341. The van der Waals surface area contributed by atoms with Crippen molar-refractivity contribution in [1.82, 2.24) is 0 Å². The lowest BCUT2D eigenvalue weighted by atomic mass is 9.76. The van der Waals surface area contributed by atoms with Gasteiger partial charge in [0.25, 0.3) is 0 Å². The molecular formula is C20H6F6O8. The SMILES string of the molecule is O=C1OC(=O)c2cc(OC3(Oc4ccc5c(c4)C(=O)OC5=O)C(F)(F)C(F)(F)C3(F)F)ccc21. The first-order valence-electron chi connectivity index (χ1n) is 9.06. The molecule has 2 heterocycles. The number of hydrogen-bond donors (Lipinski definition) is 0. The number of hydrogen-bond acceptors (Lipinski definition) is 8. The van der Waals surface area contributed by atoms with Crippen molar-refractivity contribution in [2.45, 2.75) is 23.6 Å². The van der Waals surface area contributed by atoms with E-state index in [0.717, 1.165) is 12.1 Å².